The molecule has 1 heterocycles. The van der Waals surface area contributed by atoms with Crippen LogP contribution in [-0.2, 0) is 0 Å². The van der Waals surface area contributed by atoms with Gasteiger partial charge in [0.25, 0.3) is 0 Å². The van der Waals surface area contributed by atoms with Gasteiger partial charge in [0, 0.05) is 12.1 Å². The standard InChI is InChI=1S/C11H21N3O/c1-5-13-9(4)11(15)10-6-12-7-14(10)8(2)3/h6-9,11,13,15H,5H2,1-4H3. The minimum Gasteiger partial charge on any atom is -0.385 e. The lowest BCUT2D eigenvalue weighted by atomic mass is 10.1. The van der Waals surface area contributed by atoms with Gasteiger partial charge in [0.15, 0.2) is 0 Å². The first kappa shape index (κ1) is 12.2. The second kappa shape index (κ2) is 5.28. The third-order valence-electron chi connectivity index (χ3n) is 2.56. The van der Waals surface area contributed by atoms with E-state index in [1.165, 1.54) is 0 Å². The fourth-order valence-corrected chi connectivity index (χ4v) is 1.67. The van der Waals surface area contributed by atoms with E-state index < -0.39 is 6.10 Å². The van der Waals surface area contributed by atoms with Crippen LogP contribution in [0.25, 0.3) is 0 Å². The van der Waals surface area contributed by atoms with Crippen LogP contribution in [0.1, 0.15) is 45.5 Å². The molecule has 4 heteroatoms. The molecule has 0 aromatic carbocycles. The van der Waals surface area contributed by atoms with E-state index >= 15 is 0 Å². The predicted molar refractivity (Wildman–Crippen MR) is 60.7 cm³/mol. The monoisotopic (exact) mass is 211 g/mol. The van der Waals surface area contributed by atoms with Crippen LogP contribution in [0, 0.1) is 0 Å². The maximum Gasteiger partial charge on any atom is 0.110 e. The van der Waals surface area contributed by atoms with Gasteiger partial charge in [-0.1, -0.05) is 6.92 Å². The number of nitrogens with zero attached hydrogens (tertiary/aromatic N) is 2. The second-order valence-corrected chi connectivity index (χ2v) is 4.11. The van der Waals surface area contributed by atoms with Crippen LogP contribution in [-0.4, -0.2) is 27.2 Å². The predicted octanol–water partition coefficient (Wildman–Crippen LogP) is 1.50. The molecule has 15 heavy (non-hydrogen) atoms. The van der Waals surface area contributed by atoms with E-state index in [-0.39, 0.29) is 6.04 Å². The Morgan fingerprint density at radius 1 is 1.47 bits per heavy atom. The zero-order valence-corrected chi connectivity index (χ0v) is 9.94. The summed E-state index contributed by atoms with van der Waals surface area (Å²) in [5.41, 5.74) is 0.874. The first-order chi connectivity index (χ1) is 7.07. The summed E-state index contributed by atoms with van der Waals surface area (Å²) in [5.74, 6) is 0. The number of imidazole rings is 1. The molecule has 0 radical (unpaired) electrons. The average Bonchev–Trinajstić information content (AvgIpc) is 2.65. The Morgan fingerprint density at radius 2 is 2.13 bits per heavy atom. The highest BCUT2D eigenvalue weighted by Gasteiger charge is 2.19. The summed E-state index contributed by atoms with van der Waals surface area (Å²) in [4.78, 5) is 4.08. The molecule has 2 N–H and O–H groups in total. The van der Waals surface area contributed by atoms with Crippen molar-refractivity contribution in [3.05, 3.63) is 18.2 Å². The van der Waals surface area contributed by atoms with Crippen LogP contribution in [0.15, 0.2) is 12.5 Å². The lowest BCUT2D eigenvalue weighted by Gasteiger charge is -2.22. The number of nitrogens with one attached hydrogen (secondary N) is 1. The van der Waals surface area contributed by atoms with Crippen LogP contribution >= 0.6 is 0 Å². The summed E-state index contributed by atoms with van der Waals surface area (Å²) < 4.78 is 2.00. The van der Waals surface area contributed by atoms with Gasteiger partial charge in [0.2, 0.25) is 0 Å². The van der Waals surface area contributed by atoms with Crippen molar-refractivity contribution in [2.24, 2.45) is 0 Å². The molecule has 4 nitrogen and oxygen atoms in total. The number of aliphatic hydroxyl groups excluding tert-OH is 1. The van der Waals surface area contributed by atoms with Gasteiger partial charge in [-0.25, -0.2) is 4.98 Å². The van der Waals surface area contributed by atoms with Gasteiger partial charge in [0.1, 0.15) is 6.10 Å². The molecular formula is C11H21N3O. The van der Waals surface area contributed by atoms with Gasteiger partial charge in [-0.2, -0.15) is 0 Å². The van der Waals surface area contributed by atoms with Gasteiger partial charge >= 0.3 is 0 Å². The third-order valence-corrected chi connectivity index (χ3v) is 2.56. The molecule has 0 saturated heterocycles. The van der Waals surface area contributed by atoms with Crippen molar-refractivity contribution >= 4 is 0 Å². The summed E-state index contributed by atoms with van der Waals surface area (Å²) in [6.07, 6.45) is 3.00. The topological polar surface area (TPSA) is 50.1 Å². The van der Waals surface area contributed by atoms with E-state index in [9.17, 15) is 5.11 Å². The maximum absolute atomic E-state index is 10.1. The number of aromatic nitrogens is 2. The molecule has 1 aromatic heterocycles. The van der Waals surface area contributed by atoms with Crippen molar-refractivity contribution in [1.82, 2.24) is 14.9 Å². The molecule has 1 aromatic rings. The SMILES string of the molecule is CCNC(C)C(O)c1cncn1C(C)C. The van der Waals surface area contributed by atoms with Crippen molar-refractivity contribution in [1.29, 1.82) is 0 Å². The van der Waals surface area contributed by atoms with Gasteiger partial charge < -0.3 is 15.0 Å². The molecule has 0 aliphatic carbocycles. The van der Waals surface area contributed by atoms with Crippen LogP contribution in [0.3, 0.4) is 0 Å². The van der Waals surface area contributed by atoms with Crippen molar-refractivity contribution in [2.75, 3.05) is 6.54 Å². The van der Waals surface area contributed by atoms with E-state index in [1.54, 1.807) is 12.5 Å². The fraction of sp³-hybridized carbons (Fsp3) is 0.727. The largest absolute Gasteiger partial charge is 0.385 e. The Balaban J connectivity index is 2.81. The number of likely N-dealkylation sites (N-methyl/N-ethyl adjacent to an activating group) is 1. The Kier molecular flexibility index (Phi) is 4.29. The van der Waals surface area contributed by atoms with E-state index in [0.29, 0.717) is 6.04 Å². The van der Waals surface area contributed by atoms with Gasteiger partial charge in [0.05, 0.1) is 18.2 Å². The first-order valence-corrected chi connectivity index (χ1v) is 5.51. The highest BCUT2D eigenvalue weighted by molar-refractivity contribution is 5.06. The van der Waals surface area contributed by atoms with Crippen LogP contribution in [0.2, 0.25) is 0 Å². The third kappa shape index (κ3) is 2.79. The molecule has 1 rings (SSSR count). The fourth-order valence-electron chi connectivity index (χ4n) is 1.67. The zero-order chi connectivity index (χ0) is 11.4. The number of rotatable bonds is 5. The summed E-state index contributed by atoms with van der Waals surface area (Å²) in [5, 5.41) is 13.3. The maximum atomic E-state index is 10.1. The molecule has 0 saturated carbocycles. The van der Waals surface area contributed by atoms with E-state index in [0.717, 1.165) is 12.2 Å². The van der Waals surface area contributed by atoms with E-state index in [1.807, 2.05) is 18.4 Å². The minimum atomic E-state index is -0.505. The lowest BCUT2D eigenvalue weighted by Crippen LogP contribution is -2.33. The molecular weight excluding hydrogens is 190 g/mol. The van der Waals surface area contributed by atoms with Gasteiger partial charge in [-0.15, -0.1) is 0 Å². The highest BCUT2D eigenvalue weighted by Crippen LogP contribution is 2.19. The zero-order valence-electron chi connectivity index (χ0n) is 9.94. The quantitative estimate of drug-likeness (QED) is 0.776. The number of aliphatic hydroxyl groups is 1. The number of hydrogen-bond acceptors (Lipinski definition) is 3. The Bertz CT molecular complexity index is 296. The normalized spacial score (nSPS) is 15.6. The highest BCUT2D eigenvalue weighted by atomic mass is 16.3. The second-order valence-electron chi connectivity index (χ2n) is 4.11. The van der Waals surface area contributed by atoms with Gasteiger partial charge in [-0.05, 0) is 27.3 Å². The molecule has 0 fully saturated rings. The van der Waals surface area contributed by atoms with Crippen molar-refractivity contribution < 1.29 is 5.11 Å². The first-order valence-electron chi connectivity index (χ1n) is 5.51. The summed E-state index contributed by atoms with van der Waals surface area (Å²) in [6, 6.07) is 0.371. The molecule has 2 unspecified atom stereocenters. The number of hydrogen-bond donors (Lipinski definition) is 2. The molecule has 0 spiro atoms. The Hall–Kier alpha value is -0.870. The minimum absolute atomic E-state index is 0.0456. The average molecular weight is 211 g/mol. The molecule has 0 bridgehead atoms. The summed E-state index contributed by atoms with van der Waals surface area (Å²) in [6.45, 7) is 9.02. The Morgan fingerprint density at radius 3 is 2.67 bits per heavy atom. The van der Waals surface area contributed by atoms with Crippen LogP contribution < -0.4 is 5.32 Å². The van der Waals surface area contributed by atoms with Gasteiger partial charge in [-0.3, -0.25) is 0 Å². The Labute approximate surface area is 91.3 Å². The molecule has 0 aliphatic rings. The molecule has 2 atom stereocenters. The van der Waals surface area contributed by atoms with E-state index in [4.69, 9.17) is 0 Å². The summed E-state index contributed by atoms with van der Waals surface area (Å²) in [7, 11) is 0. The molecule has 86 valence electrons. The smallest absolute Gasteiger partial charge is 0.110 e. The molecule has 0 aliphatic heterocycles. The summed E-state index contributed by atoms with van der Waals surface area (Å²) >= 11 is 0. The lowest BCUT2D eigenvalue weighted by molar-refractivity contribution is 0.127. The van der Waals surface area contributed by atoms with Crippen LogP contribution in [0.5, 0.6) is 0 Å². The van der Waals surface area contributed by atoms with Crippen LogP contribution in [0.4, 0.5) is 0 Å². The van der Waals surface area contributed by atoms with Crippen molar-refractivity contribution in [2.45, 2.75) is 45.9 Å². The molecule has 0 amide bonds. The van der Waals surface area contributed by atoms with Crippen molar-refractivity contribution in [3.63, 3.8) is 0 Å². The van der Waals surface area contributed by atoms with Crippen molar-refractivity contribution in [3.8, 4) is 0 Å². The van der Waals surface area contributed by atoms with E-state index in [2.05, 4.69) is 24.1 Å².